The van der Waals surface area contributed by atoms with Gasteiger partial charge in [0.15, 0.2) is 5.78 Å². The number of aryl methyl sites for hydroxylation is 2. The summed E-state index contributed by atoms with van der Waals surface area (Å²) in [6.07, 6.45) is 8.01. The number of carbonyl (C=O) groups is 2. The monoisotopic (exact) mass is 659 g/mol. The molecule has 242 valence electrons. The van der Waals surface area contributed by atoms with Crippen LogP contribution in [0.5, 0.6) is 5.75 Å². The summed E-state index contributed by atoms with van der Waals surface area (Å²) in [6, 6.07) is 20.4. The number of aromatic nitrogens is 1. The lowest BCUT2D eigenvalue weighted by Gasteiger charge is -2.39. The normalized spacial score (nSPS) is 19.6. The maximum atomic E-state index is 13.5. The zero-order chi connectivity index (χ0) is 32.4. The van der Waals surface area contributed by atoms with E-state index in [2.05, 4.69) is 33.8 Å². The molecule has 0 spiro atoms. The molecule has 0 saturated carbocycles. The Morgan fingerprint density at radius 3 is 2.43 bits per heavy atom. The number of hydrogen-bond donors (Lipinski definition) is 1. The van der Waals surface area contributed by atoms with E-state index in [1.807, 2.05) is 50.4 Å². The number of ketones is 1. The van der Waals surface area contributed by atoms with E-state index in [1.54, 1.807) is 18.2 Å². The Bertz CT molecular complexity index is 1720. The molecule has 1 amide bonds. The highest BCUT2D eigenvalue weighted by molar-refractivity contribution is 6.42. The summed E-state index contributed by atoms with van der Waals surface area (Å²) in [5.74, 6) is 1.26. The Labute approximate surface area is 282 Å². The van der Waals surface area contributed by atoms with E-state index < -0.39 is 0 Å². The van der Waals surface area contributed by atoms with Gasteiger partial charge in [-0.2, -0.15) is 0 Å². The fraction of sp³-hybridized carbons (Fsp3) is 0.421. The van der Waals surface area contributed by atoms with Crippen molar-refractivity contribution < 1.29 is 14.3 Å². The number of ether oxygens (including phenoxy) is 1. The van der Waals surface area contributed by atoms with Crippen molar-refractivity contribution in [3.63, 3.8) is 0 Å². The van der Waals surface area contributed by atoms with Crippen molar-refractivity contribution in [2.24, 2.45) is 5.92 Å². The number of nitrogens with one attached hydrogen (secondary N) is 1. The molecule has 2 aliphatic rings. The van der Waals surface area contributed by atoms with E-state index >= 15 is 0 Å². The largest absolute Gasteiger partial charge is 0.489 e. The van der Waals surface area contributed by atoms with Gasteiger partial charge in [0.05, 0.1) is 27.2 Å². The molecule has 1 aromatic heterocycles. The Morgan fingerprint density at radius 2 is 1.72 bits per heavy atom. The van der Waals surface area contributed by atoms with Crippen molar-refractivity contribution in [3.05, 3.63) is 99.2 Å². The molecule has 6 nitrogen and oxygen atoms in total. The van der Waals surface area contributed by atoms with E-state index in [9.17, 15) is 9.59 Å². The van der Waals surface area contributed by atoms with Crippen LogP contribution in [0.4, 0.5) is 0 Å². The van der Waals surface area contributed by atoms with Crippen LogP contribution in [0.15, 0.2) is 66.9 Å². The minimum atomic E-state index is -0.0810. The second-order valence-corrected chi connectivity index (χ2v) is 14.1. The topological polar surface area (TPSA) is 63.6 Å². The molecule has 3 atom stereocenters. The van der Waals surface area contributed by atoms with Crippen LogP contribution >= 0.6 is 23.2 Å². The molecule has 0 aliphatic carbocycles. The first-order chi connectivity index (χ1) is 22.2. The van der Waals surface area contributed by atoms with E-state index in [-0.39, 0.29) is 17.8 Å². The van der Waals surface area contributed by atoms with Crippen LogP contribution in [0, 0.1) is 12.8 Å². The van der Waals surface area contributed by atoms with E-state index in [1.165, 1.54) is 18.4 Å². The summed E-state index contributed by atoms with van der Waals surface area (Å²) in [5, 5.41) is 4.94. The van der Waals surface area contributed by atoms with Gasteiger partial charge < -0.3 is 14.6 Å². The van der Waals surface area contributed by atoms with Gasteiger partial charge in [-0.05, 0) is 88.6 Å². The fourth-order valence-electron chi connectivity index (χ4n) is 7.52. The zero-order valence-corrected chi connectivity index (χ0v) is 28.4. The average Bonchev–Trinajstić information content (AvgIpc) is 3.51. The number of para-hydroxylation sites is 1. The standard InChI is InChI=1S/C38H43Cl2N3O3/c1-24(2)46-36-10-5-9-31-32(38(45)41-22-26-8-4-7-25(3)17-26)23-42(37(31)36)15-6-16-43-29-12-13-30(43)19-27(18-29)20-35(44)28-11-14-33(39)34(40)21-28/h4-5,7-11,14,17,21,23-24,27,29-30H,6,12-13,15-16,18-20,22H2,1-3H3,(H,41,45)/t27-,29-,30+. The van der Waals surface area contributed by atoms with Gasteiger partial charge in [0.25, 0.3) is 5.91 Å². The van der Waals surface area contributed by atoms with Gasteiger partial charge in [-0.1, -0.05) is 65.2 Å². The maximum absolute atomic E-state index is 13.5. The summed E-state index contributed by atoms with van der Waals surface area (Å²) >= 11 is 12.2. The number of carbonyl (C=O) groups excluding carboxylic acids is 2. The van der Waals surface area contributed by atoms with Crippen molar-refractivity contribution in [1.82, 2.24) is 14.8 Å². The SMILES string of the molecule is Cc1cccc(CNC(=O)c2cn(CCCN3[C@@H]4CC[C@H]3C[C@H](CC(=O)c3ccc(Cl)c(Cl)c3)C4)c3c(OC(C)C)cccc23)c1. The van der Waals surface area contributed by atoms with Crippen molar-refractivity contribution >= 4 is 45.8 Å². The van der Waals surface area contributed by atoms with Crippen molar-refractivity contribution in [2.45, 2.75) is 90.6 Å². The van der Waals surface area contributed by atoms with Gasteiger partial charge in [0.2, 0.25) is 0 Å². The number of hydrogen-bond acceptors (Lipinski definition) is 4. The summed E-state index contributed by atoms with van der Waals surface area (Å²) < 4.78 is 8.43. The van der Waals surface area contributed by atoms with Gasteiger partial charge >= 0.3 is 0 Å². The van der Waals surface area contributed by atoms with Gasteiger partial charge in [0.1, 0.15) is 5.75 Å². The van der Waals surface area contributed by atoms with Crippen molar-refractivity contribution in [1.29, 1.82) is 0 Å². The van der Waals surface area contributed by atoms with Gasteiger partial charge in [-0.25, -0.2) is 0 Å². The molecule has 2 bridgehead atoms. The summed E-state index contributed by atoms with van der Waals surface area (Å²) in [5.41, 5.74) is 4.54. The lowest BCUT2D eigenvalue weighted by Crippen LogP contribution is -2.43. The Balaban J connectivity index is 1.12. The molecule has 4 aromatic rings. The zero-order valence-electron chi connectivity index (χ0n) is 26.9. The Kier molecular flexibility index (Phi) is 10.1. The molecule has 3 heterocycles. The predicted molar refractivity (Wildman–Crippen MR) is 186 cm³/mol. The van der Waals surface area contributed by atoms with E-state index in [0.717, 1.165) is 54.6 Å². The third-order valence-electron chi connectivity index (χ3n) is 9.52. The van der Waals surface area contributed by atoms with Crippen LogP contribution < -0.4 is 10.1 Å². The lowest BCUT2D eigenvalue weighted by atomic mass is 9.85. The lowest BCUT2D eigenvalue weighted by molar-refractivity contribution is 0.0807. The first-order valence-corrected chi connectivity index (χ1v) is 17.3. The van der Waals surface area contributed by atoms with E-state index in [0.29, 0.717) is 52.1 Å². The summed E-state index contributed by atoms with van der Waals surface area (Å²) in [6.45, 7) is 8.37. The van der Waals surface area contributed by atoms with Crippen LogP contribution in [-0.4, -0.2) is 45.9 Å². The van der Waals surface area contributed by atoms with Crippen LogP contribution in [0.25, 0.3) is 10.9 Å². The van der Waals surface area contributed by atoms with Gasteiger partial charge in [-0.3, -0.25) is 14.5 Å². The molecule has 8 heteroatoms. The number of piperidine rings is 1. The van der Waals surface area contributed by atoms with Gasteiger partial charge in [-0.15, -0.1) is 0 Å². The van der Waals surface area contributed by atoms with E-state index in [4.69, 9.17) is 27.9 Å². The number of Topliss-reactive ketones (excluding diaryl/α,β-unsaturated/α-hetero) is 1. The smallest absolute Gasteiger partial charge is 0.253 e. The van der Waals surface area contributed by atoms with Crippen LogP contribution in [0.2, 0.25) is 10.0 Å². The second-order valence-electron chi connectivity index (χ2n) is 13.3. The first kappa shape index (κ1) is 32.6. The Morgan fingerprint density at radius 1 is 0.957 bits per heavy atom. The molecular formula is C38H43Cl2N3O3. The van der Waals surface area contributed by atoms with Crippen LogP contribution in [-0.2, 0) is 13.1 Å². The second kappa shape index (κ2) is 14.2. The molecule has 46 heavy (non-hydrogen) atoms. The Hall–Kier alpha value is -3.32. The number of fused-ring (bicyclic) bond motifs is 3. The quantitative estimate of drug-likeness (QED) is 0.154. The first-order valence-electron chi connectivity index (χ1n) is 16.5. The number of benzene rings is 3. The molecule has 2 fully saturated rings. The molecule has 0 radical (unpaired) electrons. The molecular weight excluding hydrogens is 617 g/mol. The summed E-state index contributed by atoms with van der Waals surface area (Å²) in [7, 11) is 0. The molecule has 2 saturated heterocycles. The fourth-order valence-corrected chi connectivity index (χ4v) is 7.82. The molecule has 2 aliphatic heterocycles. The minimum absolute atomic E-state index is 0.0213. The molecule has 6 rings (SSSR count). The van der Waals surface area contributed by atoms with Gasteiger partial charge in [0, 0.05) is 55.3 Å². The highest BCUT2D eigenvalue weighted by atomic mass is 35.5. The molecule has 1 N–H and O–H groups in total. The highest BCUT2D eigenvalue weighted by Crippen LogP contribution is 2.41. The molecule has 3 aromatic carbocycles. The number of halogens is 2. The third kappa shape index (κ3) is 7.30. The minimum Gasteiger partial charge on any atom is -0.489 e. The van der Waals surface area contributed by atoms with Crippen molar-refractivity contribution in [2.75, 3.05) is 6.54 Å². The summed E-state index contributed by atoms with van der Waals surface area (Å²) in [4.78, 5) is 29.2. The maximum Gasteiger partial charge on any atom is 0.253 e. The number of rotatable bonds is 12. The van der Waals surface area contributed by atoms with Crippen LogP contribution in [0.3, 0.4) is 0 Å². The highest BCUT2D eigenvalue weighted by Gasteiger charge is 2.40. The predicted octanol–water partition coefficient (Wildman–Crippen LogP) is 8.88. The third-order valence-corrected chi connectivity index (χ3v) is 10.3. The van der Waals surface area contributed by atoms with Crippen molar-refractivity contribution in [3.8, 4) is 5.75 Å². The number of nitrogens with zero attached hydrogens (tertiary/aromatic N) is 2. The number of amides is 1. The average molecular weight is 661 g/mol. The molecule has 0 unspecified atom stereocenters. The van der Waals surface area contributed by atoms with Crippen LogP contribution in [0.1, 0.15) is 84.2 Å².